The molecule has 36 heavy (non-hydrogen) atoms. The Balaban J connectivity index is 1.28. The number of benzene rings is 1. The Labute approximate surface area is 210 Å². The molecule has 2 amide bonds. The predicted molar refractivity (Wildman–Crippen MR) is 131 cm³/mol. The van der Waals surface area contributed by atoms with E-state index in [1.165, 1.54) is 0 Å². The second kappa shape index (κ2) is 8.89. The highest BCUT2D eigenvalue weighted by molar-refractivity contribution is 6.08. The van der Waals surface area contributed by atoms with E-state index in [1.54, 1.807) is 34.2 Å². The van der Waals surface area contributed by atoms with Gasteiger partial charge in [0.1, 0.15) is 11.4 Å². The van der Waals surface area contributed by atoms with E-state index >= 15 is 0 Å². The molecular formula is C27H31N3O6. The summed E-state index contributed by atoms with van der Waals surface area (Å²) in [4.78, 5) is 46.2. The molecule has 2 fully saturated rings. The number of carbonyl (C=O) groups excluding carboxylic acids is 3. The van der Waals surface area contributed by atoms with Crippen molar-refractivity contribution >= 4 is 17.8 Å². The smallest absolute Gasteiger partial charge is 0.410 e. The Kier molecular flexibility index (Phi) is 5.98. The number of hydrogen-bond donors (Lipinski definition) is 1. The number of ketones is 1. The molecule has 2 saturated heterocycles. The van der Waals surface area contributed by atoms with E-state index in [2.05, 4.69) is 4.98 Å². The van der Waals surface area contributed by atoms with E-state index in [0.29, 0.717) is 68.0 Å². The summed E-state index contributed by atoms with van der Waals surface area (Å²) in [5.41, 5.74) is 0.860. The van der Waals surface area contributed by atoms with Crippen LogP contribution in [0.4, 0.5) is 4.79 Å². The molecule has 3 aliphatic rings. The number of aromatic nitrogens is 1. The first kappa shape index (κ1) is 24.2. The van der Waals surface area contributed by atoms with E-state index in [-0.39, 0.29) is 17.8 Å². The van der Waals surface area contributed by atoms with Crippen LogP contribution in [0.1, 0.15) is 60.7 Å². The summed E-state index contributed by atoms with van der Waals surface area (Å²) < 4.78 is 11.6. The van der Waals surface area contributed by atoms with Crippen LogP contribution in [-0.4, -0.2) is 81.2 Å². The van der Waals surface area contributed by atoms with Crippen molar-refractivity contribution in [2.75, 3.05) is 26.2 Å². The number of nitrogens with zero attached hydrogens (tertiary/aromatic N) is 3. The maximum Gasteiger partial charge on any atom is 0.410 e. The topological polar surface area (TPSA) is 109 Å². The number of fused-ring (bicyclic) bond motifs is 1. The normalized spacial score (nSPS) is 20.9. The third-order valence-corrected chi connectivity index (χ3v) is 6.93. The molecule has 0 saturated carbocycles. The van der Waals surface area contributed by atoms with Crippen LogP contribution in [0.2, 0.25) is 0 Å². The van der Waals surface area contributed by atoms with Crippen molar-refractivity contribution < 1.29 is 29.0 Å². The van der Waals surface area contributed by atoms with Gasteiger partial charge < -0.3 is 24.4 Å². The van der Waals surface area contributed by atoms with Crippen molar-refractivity contribution in [1.29, 1.82) is 0 Å². The molecule has 9 heteroatoms. The molecule has 2 aromatic rings. The van der Waals surface area contributed by atoms with Crippen LogP contribution < -0.4 is 4.74 Å². The van der Waals surface area contributed by atoms with Gasteiger partial charge in [-0.3, -0.25) is 14.6 Å². The van der Waals surface area contributed by atoms with E-state index in [1.807, 2.05) is 32.9 Å². The second-order valence-electron chi connectivity index (χ2n) is 10.7. The van der Waals surface area contributed by atoms with Gasteiger partial charge in [-0.05, 0) is 45.4 Å². The molecule has 5 rings (SSSR count). The van der Waals surface area contributed by atoms with Crippen LogP contribution >= 0.6 is 0 Å². The fourth-order valence-electron chi connectivity index (χ4n) is 4.96. The van der Waals surface area contributed by atoms with Crippen LogP contribution in [0.25, 0.3) is 11.3 Å². The van der Waals surface area contributed by atoms with E-state index in [0.717, 1.165) is 5.56 Å². The Morgan fingerprint density at radius 1 is 1.11 bits per heavy atom. The van der Waals surface area contributed by atoms with Crippen molar-refractivity contribution in [2.24, 2.45) is 0 Å². The number of aliphatic hydroxyl groups excluding tert-OH is 1. The molecule has 0 aliphatic carbocycles. The number of carbonyl (C=O) groups is 3. The number of piperidine rings is 1. The lowest BCUT2D eigenvalue weighted by Gasteiger charge is -2.37. The predicted octanol–water partition coefficient (Wildman–Crippen LogP) is 3.30. The van der Waals surface area contributed by atoms with Crippen LogP contribution in [0.3, 0.4) is 0 Å². The van der Waals surface area contributed by atoms with Gasteiger partial charge in [-0.2, -0.15) is 0 Å². The Hall–Kier alpha value is -3.46. The first-order valence-corrected chi connectivity index (χ1v) is 12.3. The highest BCUT2D eigenvalue weighted by atomic mass is 16.6. The molecule has 9 nitrogen and oxygen atoms in total. The molecule has 1 aromatic heterocycles. The number of ether oxygens (including phenoxy) is 2. The molecule has 1 spiro atoms. The largest absolute Gasteiger partial charge is 0.477 e. The van der Waals surface area contributed by atoms with Crippen molar-refractivity contribution in [2.45, 2.75) is 57.3 Å². The minimum atomic E-state index is -0.988. The fraction of sp³-hybridized carbons (Fsp3) is 0.481. The van der Waals surface area contributed by atoms with Crippen molar-refractivity contribution in [3.63, 3.8) is 0 Å². The number of β-amino-alcohol motifs (C(OH)–C–C–N with tert-alkyl or cyclic N) is 1. The first-order valence-electron chi connectivity index (χ1n) is 12.3. The molecule has 1 atom stereocenters. The number of amides is 2. The summed E-state index contributed by atoms with van der Waals surface area (Å²) in [5, 5.41) is 9.69. The highest BCUT2D eigenvalue weighted by Gasteiger charge is 2.50. The number of aliphatic hydroxyl groups is 1. The first-order chi connectivity index (χ1) is 17.0. The lowest BCUT2D eigenvalue weighted by molar-refractivity contribution is -0.00480. The van der Waals surface area contributed by atoms with Crippen LogP contribution in [0.5, 0.6) is 5.75 Å². The number of Topliss-reactive ketones (excluding diaryl/α,β-unsaturated/α-hetero) is 1. The summed E-state index contributed by atoms with van der Waals surface area (Å²) >= 11 is 0. The maximum atomic E-state index is 13.4. The van der Waals surface area contributed by atoms with Gasteiger partial charge in [0.25, 0.3) is 5.91 Å². The van der Waals surface area contributed by atoms with Crippen LogP contribution in [0.15, 0.2) is 36.5 Å². The summed E-state index contributed by atoms with van der Waals surface area (Å²) in [7, 11) is 0. The maximum absolute atomic E-state index is 13.4. The van der Waals surface area contributed by atoms with Gasteiger partial charge in [-0.1, -0.05) is 12.1 Å². The van der Waals surface area contributed by atoms with Gasteiger partial charge in [0.2, 0.25) is 5.78 Å². The average molecular weight is 494 g/mol. The molecule has 3 aliphatic heterocycles. The lowest BCUT2D eigenvalue weighted by Crippen LogP contribution is -2.52. The van der Waals surface area contributed by atoms with Crippen LogP contribution in [0, 0.1) is 0 Å². The summed E-state index contributed by atoms with van der Waals surface area (Å²) in [6.45, 7) is 7.12. The van der Waals surface area contributed by atoms with Gasteiger partial charge in [-0.25, -0.2) is 4.79 Å². The zero-order chi connectivity index (χ0) is 25.7. The third-order valence-electron chi connectivity index (χ3n) is 6.93. The molecule has 4 heterocycles. The van der Waals surface area contributed by atoms with Gasteiger partial charge >= 0.3 is 6.09 Å². The lowest BCUT2D eigenvalue weighted by atomic mass is 9.86. The molecule has 1 unspecified atom stereocenters. The number of rotatable bonds is 2. The monoisotopic (exact) mass is 493 g/mol. The Bertz CT molecular complexity index is 1190. The van der Waals surface area contributed by atoms with Gasteiger partial charge in [0.15, 0.2) is 5.60 Å². The molecule has 1 N–H and O–H groups in total. The minimum absolute atomic E-state index is 0.0932. The fourth-order valence-corrected chi connectivity index (χ4v) is 4.96. The van der Waals surface area contributed by atoms with E-state index < -0.39 is 17.3 Å². The zero-order valence-electron chi connectivity index (χ0n) is 20.8. The zero-order valence-corrected chi connectivity index (χ0v) is 20.8. The average Bonchev–Trinajstić information content (AvgIpc) is 3.39. The van der Waals surface area contributed by atoms with Crippen molar-refractivity contribution in [3.8, 4) is 17.0 Å². The number of likely N-dealkylation sites (tertiary alicyclic amines) is 2. The standard InChI is InChI=1S/C27H31N3O6/c1-26(2,3)36-25(34)29-12-9-27(10-13-29)23(32)20-14-21(28-15-22(20)35-27)17-4-6-18(7-5-17)24(33)30-11-8-19(31)16-30/h4-7,14-15,19,31H,8-13,16H2,1-3H3. The number of pyridine rings is 1. The highest BCUT2D eigenvalue weighted by Crippen LogP contribution is 2.42. The SMILES string of the molecule is CC(C)(C)OC(=O)N1CCC2(CC1)Oc1cnc(-c3ccc(C(=O)N4CCC(O)C4)cc3)cc1C2=O. The Morgan fingerprint density at radius 2 is 1.81 bits per heavy atom. The van der Waals surface area contributed by atoms with Crippen molar-refractivity contribution in [3.05, 3.63) is 47.7 Å². The molecule has 0 radical (unpaired) electrons. The van der Waals surface area contributed by atoms with E-state index in [4.69, 9.17) is 9.47 Å². The Morgan fingerprint density at radius 3 is 2.42 bits per heavy atom. The summed E-state index contributed by atoms with van der Waals surface area (Å²) in [6.07, 6.45) is 2.10. The third kappa shape index (κ3) is 4.55. The molecule has 190 valence electrons. The minimum Gasteiger partial charge on any atom is -0.477 e. The second-order valence-corrected chi connectivity index (χ2v) is 10.7. The van der Waals surface area contributed by atoms with Gasteiger partial charge in [-0.15, -0.1) is 0 Å². The van der Waals surface area contributed by atoms with Gasteiger partial charge in [0, 0.05) is 50.1 Å². The van der Waals surface area contributed by atoms with Crippen molar-refractivity contribution in [1.82, 2.24) is 14.8 Å². The van der Waals surface area contributed by atoms with Crippen LogP contribution in [-0.2, 0) is 4.74 Å². The summed E-state index contributed by atoms with van der Waals surface area (Å²) in [5.74, 6) is 0.251. The molecule has 0 bridgehead atoms. The summed E-state index contributed by atoms with van der Waals surface area (Å²) in [6, 6.07) is 8.83. The van der Waals surface area contributed by atoms with Gasteiger partial charge in [0.05, 0.1) is 23.6 Å². The number of hydrogen-bond acceptors (Lipinski definition) is 7. The quantitative estimate of drug-likeness (QED) is 0.684. The molecule has 1 aromatic carbocycles. The van der Waals surface area contributed by atoms with E-state index in [9.17, 15) is 19.5 Å². The molecular weight excluding hydrogens is 462 g/mol.